The standard InChI is InChI=1S/C30H26N4O3S/c35-29(33-18-16-32(17-19-33)28-12-6-7-15-31-28)23-13-14-27-25(20-23)34(21-22-8-2-1-3-9-22)30(36)24-10-4-5-11-26(24)38(27)37/h1-15,20H,16-19,21H2/t38-/m0/s1. The number of fused-ring (bicyclic) bond motifs is 2. The summed E-state index contributed by atoms with van der Waals surface area (Å²) in [6.07, 6.45) is 1.77. The van der Waals surface area contributed by atoms with E-state index in [1.807, 2.05) is 53.4 Å². The van der Waals surface area contributed by atoms with Crippen molar-refractivity contribution in [3.05, 3.63) is 114 Å². The molecule has 0 saturated carbocycles. The van der Waals surface area contributed by atoms with Gasteiger partial charge in [-0.25, -0.2) is 9.19 Å². The van der Waals surface area contributed by atoms with Gasteiger partial charge in [0.15, 0.2) is 0 Å². The van der Waals surface area contributed by atoms with Crippen molar-refractivity contribution in [2.24, 2.45) is 0 Å². The lowest BCUT2D eigenvalue weighted by Crippen LogP contribution is -2.49. The Morgan fingerprint density at radius 2 is 1.55 bits per heavy atom. The Balaban J connectivity index is 1.33. The van der Waals surface area contributed by atoms with Gasteiger partial charge >= 0.3 is 0 Å². The third-order valence-corrected chi connectivity index (χ3v) is 8.48. The Labute approximate surface area is 223 Å². The molecule has 0 radical (unpaired) electrons. The lowest BCUT2D eigenvalue weighted by atomic mass is 10.1. The van der Waals surface area contributed by atoms with Crippen LogP contribution in [0, 0.1) is 0 Å². The van der Waals surface area contributed by atoms with E-state index in [9.17, 15) is 13.8 Å². The third-order valence-electron chi connectivity index (χ3n) is 6.98. The van der Waals surface area contributed by atoms with Crippen molar-refractivity contribution in [2.45, 2.75) is 16.3 Å². The van der Waals surface area contributed by atoms with E-state index in [-0.39, 0.29) is 11.8 Å². The summed E-state index contributed by atoms with van der Waals surface area (Å²) in [6.45, 7) is 2.81. The molecule has 1 saturated heterocycles. The number of pyridine rings is 1. The molecule has 0 spiro atoms. The van der Waals surface area contributed by atoms with Gasteiger partial charge in [0.2, 0.25) is 0 Å². The van der Waals surface area contributed by atoms with E-state index in [0.717, 1.165) is 11.4 Å². The SMILES string of the molecule is O=C(c1ccc2c(c1)N(Cc1ccccc1)C(=O)c1ccccc1[S@@]2=O)N1CCN(c2ccccn2)CC1. The third kappa shape index (κ3) is 4.48. The molecule has 3 aromatic carbocycles. The Hall–Kier alpha value is -4.30. The molecule has 1 aromatic heterocycles. The lowest BCUT2D eigenvalue weighted by Gasteiger charge is -2.35. The van der Waals surface area contributed by atoms with Crippen LogP contribution in [0.15, 0.2) is 107 Å². The van der Waals surface area contributed by atoms with Gasteiger partial charge in [-0.1, -0.05) is 48.5 Å². The summed E-state index contributed by atoms with van der Waals surface area (Å²) in [5, 5.41) is 0. The van der Waals surface area contributed by atoms with Crippen LogP contribution in [0.25, 0.3) is 0 Å². The highest BCUT2D eigenvalue weighted by Gasteiger charge is 2.32. The van der Waals surface area contributed by atoms with Gasteiger partial charge in [-0.15, -0.1) is 0 Å². The molecule has 38 heavy (non-hydrogen) atoms. The maximum absolute atomic E-state index is 13.8. The quantitative estimate of drug-likeness (QED) is 0.398. The number of carbonyl (C=O) groups is 2. The molecule has 7 nitrogen and oxygen atoms in total. The van der Waals surface area contributed by atoms with Crippen molar-refractivity contribution in [3.8, 4) is 0 Å². The van der Waals surface area contributed by atoms with Gasteiger partial charge in [0.25, 0.3) is 11.8 Å². The maximum Gasteiger partial charge on any atom is 0.259 e. The van der Waals surface area contributed by atoms with Crippen LogP contribution in [0.5, 0.6) is 0 Å². The van der Waals surface area contributed by atoms with Gasteiger partial charge in [0, 0.05) is 37.9 Å². The summed E-state index contributed by atoms with van der Waals surface area (Å²) in [5.41, 5.74) is 2.34. The number of aromatic nitrogens is 1. The molecule has 0 unspecified atom stereocenters. The number of benzene rings is 3. The second-order valence-corrected chi connectivity index (χ2v) is 10.7. The molecule has 1 atom stereocenters. The van der Waals surface area contributed by atoms with Gasteiger partial charge in [-0.05, 0) is 48.0 Å². The van der Waals surface area contributed by atoms with Crippen molar-refractivity contribution >= 4 is 34.1 Å². The smallest absolute Gasteiger partial charge is 0.259 e. The predicted octanol–water partition coefficient (Wildman–Crippen LogP) is 4.37. The van der Waals surface area contributed by atoms with E-state index < -0.39 is 10.8 Å². The lowest BCUT2D eigenvalue weighted by molar-refractivity contribution is 0.0746. The number of nitrogens with zero attached hydrogens (tertiary/aromatic N) is 4. The summed E-state index contributed by atoms with van der Waals surface area (Å²) < 4.78 is 13.7. The first-order valence-corrected chi connectivity index (χ1v) is 13.7. The predicted molar refractivity (Wildman–Crippen MR) is 147 cm³/mol. The summed E-state index contributed by atoms with van der Waals surface area (Å²) in [4.78, 5) is 38.4. The second kappa shape index (κ2) is 10.2. The van der Waals surface area contributed by atoms with E-state index in [2.05, 4.69) is 9.88 Å². The van der Waals surface area contributed by atoms with Crippen molar-refractivity contribution in [1.29, 1.82) is 0 Å². The Morgan fingerprint density at radius 3 is 2.32 bits per heavy atom. The number of hydrogen-bond acceptors (Lipinski definition) is 5. The minimum Gasteiger partial charge on any atom is -0.353 e. The minimum atomic E-state index is -1.56. The Morgan fingerprint density at radius 1 is 0.816 bits per heavy atom. The molecule has 8 heteroatoms. The summed E-state index contributed by atoms with van der Waals surface area (Å²) >= 11 is 0. The van der Waals surface area contributed by atoms with E-state index >= 15 is 0 Å². The summed E-state index contributed by atoms with van der Waals surface area (Å²) in [6, 6.07) is 27.7. The fourth-order valence-corrected chi connectivity index (χ4v) is 6.33. The molecule has 4 aromatic rings. The van der Waals surface area contributed by atoms with Crippen molar-refractivity contribution in [1.82, 2.24) is 9.88 Å². The van der Waals surface area contributed by atoms with Gasteiger partial charge in [-0.2, -0.15) is 0 Å². The van der Waals surface area contributed by atoms with Crippen molar-refractivity contribution < 1.29 is 13.8 Å². The number of hydrogen-bond donors (Lipinski definition) is 0. The summed E-state index contributed by atoms with van der Waals surface area (Å²) in [5.74, 6) is 0.569. The molecular weight excluding hydrogens is 496 g/mol. The molecule has 2 aliphatic rings. The van der Waals surface area contributed by atoms with Crippen LogP contribution >= 0.6 is 0 Å². The molecule has 3 heterocycles. The highest BCUT2D eigenvalue weighted by Crippen LogP contribution is 2.36. The fourth-order valence-electron chi connectivity index (χ4n) is 4.98. The topological polar surface area (TPSA) is 73.8 Å². The minimum absolute atomic E-state index is 0.104. The average molecular weight is 523 g/mol. The van der Waals surface area contributed by atoms with Crippen LogP contribution < -0.4 is 9.80 Å². The number of amides is 2. The summed E-state index contributed by atoms with van der Waals surface area (Å²) in [7, 11) is -1.56. The zero-order valence-electron chi connectivity index (χ0n) is 20.7. The van der Waals surface area contributed by atoms with Crippen LogP contribution in [0.3, 0.4) is 0 Å². The van der Waals surface area contributed by atoms with Gasteiger partial charge < -0.3 is 14.7 Å². The molecule has 2 aliphatic heterocycles. The first-order chi connectivity index (χ1) is 18.6. The van der Waals surface area contributed by atoms with E-state index in [1.54, 1.807) is 53.6 Å². The van der Waals surface area contributed by atoms with Crippen LogP contribution in [0.4, 0.5) is 11.5 Å². The van der Waals surface area contributed by atoms with Crippen molar-refractivity contribution in [2.75, 3.05) is 36.0 Å². The molecule has 190 valence electrons. The zero-order valence-corrected chi connectivity index (χ0v) is 21.5. The highest BCUT2D eigenvalue weighted by atomic mass is 32.2. The number of rotatable bonds is 4. The van der Waals surface area contributed by atoms with Crippen LogP contribution in [0.2, 0.25) is 0 Å². The molecular formula is C30H26N4O3S. The van der Waals surface area contributed by atoms with E-state index in [0.29, 0.717) is 59.3 Å². The fraction of sp³-hybridized carbons (Fsp3) is 0.167. The highest BCUT2D eigenvalue weighted by molar-refractivity contribution is 7.85. The first kappa shape index (κ1) is 24.1. The van der Waals surface area contributed by atoms with Crippen LogP contribution in [-0.4, -0.2) is 52.1 Å². The second-order valence-electron chi connectivity index (χ2n) is 9.29. The Kier molecular flexibility index (Phi) is 6.47. The van der Waals surface area contributed by atoms with Crippen LogP contribution in [0.1, 0.15) is 26.3 Å². The van der Waals surface area contributed by atoms with E-state index in [4.69, 9.17) is 0 Å². The normalized spacial score (nSPS) is 17.0. The first-order valence-electron chi connectivity index (χ1n) is 12.6. The number of carbonyl (C=O) groups excluding carboxylic acids is 2. The molecule has 0 aliphatic carbocycles. The molecule has 0 N–H and O–H groups in total. The molecule has 6 rings (SSSR count). The number of anilines is 2. The number of piperazine rings is 1. The molecule has 1 fully saturated rings. The van der Waals surface area contributed by atoms with Crippen LogP contribution in [-0.2, 0) is 17.3 Å². The monoisotopic (exact) mass is 522 g/mol. The molecule has 2 amide bonds. The van der Waals surface area contributed by atoms with Gasteiger partial charge in [0.1, 0.15) is 5.82 Å². The van der Waals surface area contributed by atoms with E-state index in [1.165, 1.54) is 0 Å². The zero-order chi connectivity index (χ0) is 26.1. The van der Waals surface area contributed by atoms with Crippen molar-refractivity contribution in [3.63, 3.8) is 0 Å². The largest absolute Gasteiger partial charge is 0.353 e. The van der Waals surface area contributed by atoms with Gasteiger partial charge in [-0.3, -0.25) is 9.59 Å². The Bertz CT molecular complexity index is 1520. The molecule has 0 bridgehead atoms. The van der Waals surface area contributed by atoms with Gasteiger partial charge in [0.05, 0.1) is 38.4 Å². The maximum atomic E-state index is 13.8. The average Bonchev–Trinajstić information content (AvgIpc) is 3.07.